The Morgan fingerprint density at radius 3 is 2.92 bits per heavy atom. The van der Waals surface area contributed by atoms with Gasteiger partial charge in [-0.3, -0.25) is 9.69 Å². The molecule has 0 unspecified atom stereocenters. The summed E-state index contributed by atoms with van der Waals surface area (Å²) in [6.07, 6.45) is 5.83. The average Bonchev–Trinajstić information content (AvgIpc) is 2.66. The van der Waals surface area contributed by atoms with Crippen LogP contribution in [-0.4, -0.2) is 40.4 Å². The van der Waals surface area contributed by atoms with Crippen molar-refractivity contribution < 1.29 is 4.79 Å². The van der Waals surface area contributed by atoms with Crippen molar-refractivity contribution in [2.24, 2.45) is 0 Å². The molecular weight excluding hydrogens is 312 g/mol. The van der Waals surface area contributed by atoms with E-state index in [1.54, 1.807) is 0 Å². The smallest absolute Gasteiger partial charge is 0.241 e. The van der Waals surface area contributed by atoms with Crippen molar-refractivity contribution in [1.29, 1.82) is 0 Å². The largest absolute Gasteiger partial charge is 0.311 e. The van der Waals surface area contributed by atoms with Gasteiger partial charge < -0.3 is 4.90 Å². The van der Waals surface area contributed by atoms with Gasteiger partial charge in [-0.1, -0.05) is 25.1 Å². The molecule has 2 aromatic rings. The molecule has 4 rings (SSSR count). The fourth-order valence-corrected chi connectivity index (χ4v) is 3.77. The van der Waals surface area contributed by atoms with E-state index < -0.39 is 0 Å². The number of aromatic nitrogens is 2. The van der Waals surface area contributed by atoms with E-state index >= 15 is 0 Å². The van der Waals surface area contributed by atoms with Crippen LogP contribution in [0.3, 0.4) is 0 Å². The molecule has 5 nitrogen and oxygen atoms in total. The van der Waals surface area contributed by atoms with Crippen molar-refractivity contribution >= 4 is 11.6 Å². The van der Waals surface area contributed by atoms with E-state index in [0.717, 1.165) is 62.5 Å². The molecule has 0 saturated heterocycles. The quantitative estimate of drug-likeness (QED) is 0.863. The molecule has 0 atom stereocenters. The van der Waals surface area contributed by atoms with E-state index in [0.29, 0.717) is 6.54 Å². The summed E-state index contributed by atoms with van der Waals surface area (Å²) < 4.78 is 0. The van der Waals surface area contributed by atoms with Crippen molar-refractivity contribution in [3.05, 3.63) is 53.1 Å². The van der Waals surface area contributed by atoms with Gasteiger partial charge in [0.2, 0.25) is 5.91 Å². The van der Waals surface area contributed by atoms with Crippen molar-refractivity contribution in [2.45, 2.75) is 39.2 Å². The lowest BCUT2D eigenvalue weighted by Crippen LogP contribution is -2.44. The van der Waals surface area contributed by atoms with E-state index in [1.807, 2.05) is 17.2 Å². The van der Waals surface area contributed by atoms with Gasteiger partial charge in [-0.25, -0.2) is 9.97 Å². The van der Waals surface area contributed by atoms with Crippen LogP contribution in [0.25, 0.3) is 0 Å². The number of amides is 1. The molecule has 0 saturated carbocycles. The van der Waals surface area contributed by atoms with Gasteiger partial charge in [0, 0.05) is 37.9 Å². The number of hydrogen-bond acceptors (Lipinski definition) is 4. The van der Waals surface area contributed by atoms with Crippen LogP contribution in [0.15, 0.2) is 30.5 Å². The minimum Gasteiger partial charge on any atom is -0.311 e. The minimum absolute atomic E-state index is 0.195. The highest BCUT2D eigenvalue weighted by atomic mass is 16.2. The maximum Gasteiger partial charge on any atom is 0.241 e. The number of anilines is 1. The van der Waals surface area contributed by atoms with Gasteiger partial charge in [0.25, 0.3) is 0 Å². The summed E-state index contributed by atoms with van der Waals surface area (Å²) in [4.78, 5) is 26.1. The van der Waals surface area contributed by atoms with Crippen LogP contribution >= 0.6 is 0 Å². The van der Waals surface area contributed by atoms with Crippen LogP contribution in [-0.2, 0) is 30.6 Å². The molecule has 130 valence electrons. The Kier molecular flexibility index (Phi) is 4.49. The number of para-hydroxylation sites is 1. The summed E-state index contributed by atoms with van der Waals surface area (Å²) in [6.45, 7) is 4.98. The molecule has 0 aliphatic carbocycles. The Bertz CT molecular complexity index is 789. The molecular formula is C20H24N4O. The molecule has 3 heterocycles. The summed E-state index contributed by atoms with van der Waals surface area (Å²) in [7, 11) is 0. The van der Waals surface area contributed by atoms with Gasteiger partial charge in [0.1, 0.15) is 5.82 Å². The van der Waals surface area contributed by atoms with Gasteiger partial charge in [0.15, 0.2) is 0 Å². The third-order valence-corrected chi connectivity index (χ3v) is 5.16. The first-order chi connectivity index (χ1) is 12.2. The van der Waals surface area contributed by atoms with Gasteiger partial charge in [0.05, 0.1) is 12.2 Å². The van der Waals surface area contributed by atoms with Crippen LogP contribution in [0, 0.1) is 0 Å². The Morgan fingerprint density at radius 2 is 2.04 bits per heavy atom. The predicted molar refractivity (Wildman–Crippen MR) is 97.5 cm³/mol. The zero-order chi connectivity index (χ0) is 17.2. The Labute approximate surface area is 148 Å². The second kappa shape index (κ2) is 6.92. The van der Waals surface area contributed by atoms with Crippen molar-refractivity contribution in [3.8, 4) is 0 Å². The standard InChI is InChI=1S/C20H24N4O/c1-2-19-21-12-16-9-11-23(13-17(16)22-19)14-20(25)24-10-5-7-15-6-3-4-8-18(15)24/h3-4,6,8,12H,2,5,7,9-11,13-14H2,1H3. The summed E-state index contributed by atoms with van der Waals surface area (Å²) >= 11 is 0. The number of carbonyl (C=O) groups is 1. The highest BCUT2D eigenvalue weighted by Crippen LogP contribution is 2.27. The molecule has 25 heavy (non-hydrogen) atoms. The summed E-state index contributed by atoms with van der Waals surface area (Å²) in [5.74, 6) is 1.08. The topological polar surface area (TPSA) is 49.3 Å². The number of hydrogen-bond donors (Lipinski definition) is 0. The molecule has 1 amide bonds. The minimum atomic E-state index is 0.195. The number of nitrogens with zero attached hydrogens (tertiary/aromatic N) is 4. The number of aryl methyl sites for hydroxylation is 2. The van der Waals surface area contributed by atoms with Gasteiger partial charge in [-0.15, -0.1) is 0 Å². The zero-order valence-electron chi connectivity index (χ0n) is 14.7. The SMILES string of the molecule is CCc1ncc2c(n1)CN(CC(=O)N1CCCc3ccccc31)CC2. The molecule has 0 spiro atoms. The molecule has 0 radical (unpaired) electrons. The van der Waals surface area contributed by atoms with E-state index in [-0.39, 0.29) is 5.91 Å². The van der Waals surface area contributed by atoms with Crippen molar-refractivity contribution in [2.75, 3.05) is 24.5 Å². The maximum absolute atomic E-state index is 12.9. The molecule has 0 bridgehead atoms. The van der Waals surface area contributed by atoms with Crippen molar-refractivity contribution in [1.82, 2.24) is 14.9 Å². The molecule has 0 fully saturated rings. The number of rotatable bonds is 3. The van der Waals surface area contributed by atoms with Gasteiger partial charge in [-0.05, 0) is 36.5 Å². The molecule has 5 heteroatoms. The normalized spacial score (nSPS) is 17.1. The monoisotopic (exact) mass is 336 g/mol. The van der Waals surface area contributed by atoms with Crippen LogP contribution < -0.4 is 4.90 Å². The fraction of sp³-hybridized carbons (Fsp3) is 0.450. The van der Waals surface area contributed by atoms with E-state index in [1.165, 1.54) is 11.1 Å². The fourth-order valence-electron chi connectivity index (χ4n) is 3.77. The summed E-state index contributed by atoms with van der Waals surface area (Å²) in [5.41, 5.74) is 4.69. The third-order valence-electron chi connectivity index (χ3n) is 5.16. The molecule has 0 N–H and O–H groups in total. The van der Waals surface area contributed by atoms with Crippen LogP contribution in [0.1, 0.15) is 36.0 Å². The predicted octanol–water partition coefficient (Wildman–Crippen LogP) is 2.38. The highest BCUT2D eigenvalue weighted by molar-refractivity contribution is 5.95. The Hall–Kier alpha value is -2.27. The summed E-state index contributed by atoms with van der Waals surface area (Å²) in [5, 5.41) is 0. The lowest BCUT2D eigenvalue weighted by atomic mass is 10.0. The van der Waals surface area contributed by atoms with E-state index in [2.05, 4.69) is 40.0 Å². The molecule has 2 aliphatic heterocycles. The third kappa shape index (κ3) is 3.29. The first kappa shape index (κ1) is 16.2. The number of fused-ring (bicyclic) bond motifs is 2. The zero-order valence-corrected chi connectivity index (χ0v) is 14.7. The Balaban J connectivity index is 1.47. The lowest BCUT2D eigenvalue weighted by molar-refractivity contribution is -0.120. The second-order valence-electron chi connectivity index (χ2n) is 6.85. The second-order valence-corrected chi connectivity index (χ2v) is 6.85. The molecule has 1 aromatic carbocycles. The van der Waals surface area contributed by atoms with Crippen LogP contribution in [0.5, 0.6) is 0 Å². The van der Waals surface area contributed by atoms with Gasteiger partial charge >= 0.3 is 0 Å². The lowest BCUT2D eigenvalue weighted by Gasteiger charge is -2.33. The number of benzene rings is 1. The molecule has 1 aromatic heterocycles. The van der Waals surface area contributed by atoms with Crippen LogP contribution in [0.4, 0.5) is 5.69 Å². The van der Waals surface area contributed by atoms with E-state index in [9.17, 15) is 4.79 Å². The van der Waals surface area contributed by atoms with Gasteiger partial charge in [-0.2, -0.15) is 0 Å². The maximum atomic E-state index is 12.9. The first-order valence-corrected chi connectivity index (χ1v) is 9.19. The average molecular weight is 336 g/mol. The van der Waals surface area contributed by atoms with E-state index in [4.69, 9.17) is 0 Å². The number of carbonyl (C=O) groups excluding carboxylic acids is 1. The summed E-state index contributed by atoms with van der Waals surface area (Å²) in [6, 6.07) is 8.28. The highest BCUT2D eigenvalue weighted by Gasteiger charge is 2.26. The first-order valence-electron chi connectivity index (χ1n) is 9.19. The van der Waals surface area contributed by atoms with Crippen LogP contribution in [0.2, 0.25) is 0 Å². The Morgan fingerprint density at radius 1 is 1.16 bits per heavy atom. The van der Waals surface area contributed by atoms with Crippen molar-refractivity contribution in [3.63, 3.8) is 0 Å². The molecule has 2 aliphatic rings.